The first kappa shape index (κ1) is 14.2. The lowest BCUT2D eigenvalue weighted by molar-refractivity contribution is 0.279. The van der Waals surface area contributed by atoms with E-state index in [1.807, 2.05) is 12.4 Å². The summed E-state index contributed by atoms with van der Waals surface area (Å²) in [4.78, 5) is 11.3. The molecule has 106 valence electrons. The van der Waals surface area contributed by atoms with E-state index in [1.165, 1.54) is 12.8 Å². The summed E-state index contributed by atoms with van der Waals surface area (Å²) in [5.74, 6) is 0.834. The van der Waals surface area contributed by atoms with E-state index < -0.39 is 0 Å². The van der Waals surface area contributed by atoms with Crippen LogP contribution in [0.1, 0.15) is 38.2 Å². The predicted octanol–water partition coefficient (Wildman–Crippen LogP) is 1.33. The second-order valence-corrected chi connectivity index (χ2v) is 5.03. The average molecular weight is 264 g/mol. The van der Waals surface area contributed by atoms with Crippen LogP contribution in [0.5, 0.6) is 0 Å². The standard InChI is InChI=1S/C14H24N4O/c1-2-15-9-12-10-16-14(17-11-12)18-7-3-5-13(18)6-4-8-19/h10-11,13,15,19H,2-9H2,1H3. The van der Waals surface area contributed by atoms with Crippen molar-refractivity contribution in [3.8, 4) is 0 Å². The zero-order valence-electron chi connectivity index (χ0n) is 11.7. The molecule has 0 amide bonds. The van der Waals surface area contributed by atoms with Gasteiger partial charge in [0.15, 0.2) is 0 Å². The zero-order valence-corrected chi connectivity index (χ0v) is 11.7. The fourth-order valence-electron chi connectivity index (χ4n) is 2.58. The second kappa shape index (κ2) is 7.40. The molecule has 0 saturated carbocycles. The molecule has 1 aliphatic rings. The Balaban J connectivity index is 1.96. The molecule has 2 N–H and O–H groups in total. The van der Waals surface area contributed by atoms with Gasteiger partial charge in [0.2, 0.25) is 5.95 Å². The molecule has 1 atom stereocenters. The van der Waals surface area contributed by atoms with Crippen molar-refractivity contribution in [3.05, 3.63) is 18.0 Å². The van der Waals surface area contributed by atoms with Gasteiger partial charge in [-0.15, -0.1) is 0 Å². The SMILES string of the molecule is CCNCc1cnc(N2CCCC2CCCO)nc1. The first-order valence-electron chi connectivity index (χ1n) is 7.24. The van der Waals surface area contributed by atoms with E-state index in [1.54, 1.807) is 0 Å². The molecular weight excluding hydrogens is 240 g/mol. The third kappa shape index (κ3) is 3.88. The smallest absolute Gasteiger partial charge is 0.225 e. The van der Waals surface area contributed by atoms with Crippen LogP contribution in [0, 0.1) is 0 Å². The average Bonchev–Trinajstić information content (AvgIpc) is 2.92. The number of hydrogen-bond donors (Lipinski definition) is 2. The highest BCUT2D eigenvalue weighted by atomic mass is 16.2. The lowest BCUT2D eigenvalue weighted by atomic mass is 10.1. The molecule has 2 rings (SSSR count). The number of rotatable bonds is 7. The van der Waals surface area contributed by atoms with Crippen molar-refractivity contribution in [2.75, 3.05) is 24.6 Å². The fraction of sp³-hybridized carbons (Fsp3) is 0.714. The molecule has 1 fully saturated rings. The molecule has 5 nitrogen and oxygen atoms in total. The Labute approximate surface area is 115 Å². The molecule has 1 saturated heterocycles. The molecule has 0 aliphatic carbocycles. The van der Waals surface area contributed by atoms with E-state index in [2.05, 4.69) is 27.1 Å². The van der Waals surface area contributed by atoms with Crippen molar-refractivity contribution in [3.63, 3.8) is 0 Å². The summed E-state index contributed by atoms with van der Waals surface area (Å²) in [5.41, 5.74) is 1.12. The Morgan fingerprint density at radius 2 is 2.21 bits per heavy atom. The molecule has 0 bridgehead atoms. The van der Waals surface area contributed by atoms with Crippen LogP contribution in [0.4, 0.5) is 5.95 Å². The van der Waals surface area contributed by atoms with Gasteiger partial charge in [0.25, 0.3) is 0 Å². The third-order valence-corrected chi connectivity index (χ3v) is 3.60. The minimum absolute atomic E-state index is 0.271. The lowest BCUT2D eigenvalue weighted by Crippen LogP contribution is -2.31. The van der Waals surface area contributed by atoms with Gasteiger partial charge < -0.3 is 15.3 Å². The van der Waals surface area contributed by atoms with E-state index in [0.29, 0.717) is 6.04 Å². The van der Waals surface area contributed by atoms with Crippen molar-refractivity contribution in [1.29, 1.82) is 0 Å². The van der Waals surface area contributed by atoms with Crippen molar-refractivity contribution in [2.24, 2.45) is 0 Å². The summed E-state index contributed by atoms with van der Waals surface area (Å²) >= 11 is 0. The van der Waals surface area contributed by atoms with Gasteiger partial charge in [-0.05, 0) is 32.2 Å². The molecule has 19 heavy (non-hydrogen) atoms. The summed E-state index contributed by atoms with van der Waals surface area (Å²) in [5, 5.41) is 12.2. The van der Waals surface area contributed by atoms with E-state index in [0.717, 1.165) is 44.0 Å². The number of anilines is 1. The number of hydrogen-bond acceptors (Lipinski definition) is 5. The van der Waals surface area contributed by atoms with Crippen LogP contribution in [0.25, 0.3) is 0 Å². The Bertz CT molecular complexity index is 368. The minimum Gasteiger partial charge on any atom is -0.396 e. The summed E-state index contributed by atoms with van der Waals surface area (Å²) in [7, 11) is 0. The van der Waals surface area contributed by atoms with Crippen LogP contribution in [0.2, 0.25) is 0 Å². The van der Waals surface area contributed by atoms with E-state index in [9.17, 15) is 0 Å². The topological polar surface area (TPSA) is 61.3 Å². The quantitative estimate of drug-likeness (QED) is 0.778. The van der Waals surface area contributed by atoms with Crippen molar-refractivity contribution in [1.82, 2.24) is 15.3 Å². The van der Waals surface area contributed by atoms with Gasteiger partial charge in [0.05, 0.1) is 0 Å². The molecule has 5 heteroatoms. The van der Waals surface area contributed by atoms with Gasteiger partial charge in [-0.3, -0.25) is 0 Å². The zero-order chi connectivity index (χ0) is 13.5. The van der Waals surface area contributed by atoms with Crippen LogP contribution in [0.3, 0.4) is 0 Å². The molecule has 1 unspecified atom stereocenters. The molecule has 0 spiro atoms. The Morgan fingerprint density at radius 3 is 2.89 bits per heavy atom. The maximum atomic E-state index is 8.95. The van der Waals surface area contributed by atoms with Crippen LogP contribution in [-0.4, -0.2) is 40.8 Å². The summed E-state index contributed by atoms with van der Waals surface area (Å²) < 4.78 is 0. The van der Waals surface area contributed by atoms with Crippen LogP contribution >= 0.6 is 0 Å². The van der Waals surface area contributed by atoms with Gasteiger partial charge in [0.1, 0.15) is 0 Å². The Morgan fingerprint density at radius 1 is 1.42 bits per heavy atom. The second-order valence-electron chi connectivity index (χ2n) is 5.03. The number of nitrogens with zero attached hydrogens (tertiary/aromatic N) is 3. The van der Waals surface area contributed by atoms with Gasteiger partial charge in [0, 0.05) is 43.7 Å². The minimum atomic E-state index is 0.271. The largest absolute Gasteiger partial charge is 0.396 e. The van der Waals surface area contributed by atoms with Crippen molar-refractivity contribution < 1.29 is 5.11 Å². The summed E-state index contributed by atoms with van der Waals surface area (Å²) in [6.45, 7) is 5.17. The lowest BCUT2D eigenvalue weighted by Gasteiger charge is -2.24. The normalized spacial score (nSPS) is 19.1. The first-order valence-corrected chi connectivity index (χ1v) is 7.24. The summed E-state index contributed by atoms with van der Waals surface area (Å²) in [6, 6.07) is 0.492. The van der Waals surface area contributed by atoms with Crippen LogP contribution in [0.15, 0.2) is 12.4 Å². The Hall–Kier alpha value is -1.20. The predicted molar refractivity (Wildman–Crippen MR) is 76.1 cm³/mol. The van der Waals surface area contributed by atoms with Gasteiger partial charge in [-0.25, -0.2) is 9.97 Å². The molecule has 1 aromatic heterocycles. The molecule has 1 aliphatic heterocycles. The fourth-order valence-corrected chi connectivity index (χ4v) is 2.58. The van der Waals surface area contributed by atoms with Crippen molar-refractivity contribution >= 4 is 5.95 Å². The number of aromatic nitrogens is 2. The van der Waals surface area contributed by atoms with Crippen molar-refractivity contribution in [2.45, 2.75) is 45.2 Å². The van der Waals surface area contributed by atoms with E-state index >= 15 is 0 Å². The van der Waals surface area contributed by atoms with Crippen LogP contribution in [-0.2, 0) is 6.54 Å². The number of nitrogens with one attached hydrogen (secondary N) is 1. The monoisotopic (exact) mass is 264 g/mol. The van der Waals surface area contributed by atoms with Crippen LogP contribution < -0.4 is 10.2 Å². The number of aliphatic hydroxyl groups excluding tert-OH is 1. The van der Waals surface area contributed by atoms with E-state index in [-0.39, 0.29) is 6.61 Å². The van der Waals surface area contributed by atoms with Gasteiger partial charge in [-0.2, -0.15) is 0 Å². The van der Waals surface area contributed by atoms with Gasteiger partial charge in [-0.1, -0.05) is 6.92 Å². The molecule has 0 aromatic carbocycles. The molecule has 1 aromatic rings. The highest BCUT2D eigenvalue weighted by Crippen LogP contribution is 2.25. The Kier molecular flexibility index (Phi) is 5.54. The third-order valence-electron chi connectivity index (χ3n) is 3.60. The molecular formula is C14H24N4O. The molecule has 0 radical (unpaired) electrons. The first-order chi connectivity index (χ1) is 9.35. The highest BCUT2D eigenvalue weighted by molar-refractivity contribution is 5.33. The maximum Gasteiger partial charge on any atom is 0.225 e. The summed E-state index contributed by atoms with van der Waals surface area (Å²) in [6.07, 6.45) is 8.08. The van der Waals surface area contributed by atoms with Gasteiger partial charge >= 0.3 is 0 Å². The number of aliphatic hydroxyl groups is 1. The van der Waals surface area contributed by atoms with E-state index in [4.69, 9.17) is 5.11 Å². The highest BCUT2D eigenvalue weighted by Gasteiger charge is 2.25. The maximum absolute atomic E-state index is 8.95. The molecule has 2 heterocycles.